The lowest BCUT2D eigenvalue weighted by molar-refractivity contribution is -0.181. The highest BCUT2D eigenvalue weighted by atomic mass is 16.6. The molecule has 32 heavy (non-hydrogen) atoms. The molecule has 3 saturated carbocycles. The maximum atomic E-state index is 13.1. The molecule has 1 unspecified atom stereocenters. The van der Waals surface area contributed by atoms with E-state index in [2.05, 4.69) is 6.92 Å². The van der Waals surface area contributed by atoms with Crippen molar-refractivity contribution < 1.29 is 34.1 Å². The van der Waals surface area contributed by atoms with E-state index in [1.54, 1.807) is 19.1 Å². The second-order valence-electron chi connectivity index (χ2n) is 10.3. The zero-order chi connectivity index (χ0) is 23.3. The molecule has 0 bridgehead atoms. The highest BCUT2D eigenvalue weighted by molar-refractivity contribution is 6.01. The number of carbonyl (C=O) groups is 3. The number of Topliss-reactive ketones (excluding diaryl/α,β-unsaturated/α-hetero) is 1. The maximum Gasteiger partial charge on any atom is 0.332 e. The van der Waals surface area contributed by atoms with Gasteiger partial charge in [-0.3, -0.25) is 9.59 Å². The Labute approximate surface area is 188 Å². The van der Waals surface area contributed by atoms with Crippen LogP contribution in [0, 0.1) is 28.6 Å². The molecule has 0 spiro atoms. The minimum Gasteiger partial charge on any atom is -0.456 e. The van der Waals surface area contributed by atoms with E-state index in [4.69, 9.17) is 9.47 Å². The van der Waals surface area contributed by atoms with Gasteiger partial charge in [-0.25, -0.2) is 4.79 Å². The number of aliphatic hydroxyl groups is 2. The van der Waals surface area contributed by atoms with Crippen molar-refractivity contribution in [2.75, 3.05) is 19.8 Å². The van der Waals surface area contributed by atoms with Crippen molar-refractivity contribution in [3.63, 3.8) is 0 Å². The van der Waals surface area contributed by atoms with Crippen LogP contribution in [0.3, 0.4) is 0 Å². The zero-order valence-corrected chi connectivity index (χ0v) is 19.1. The van der Waals surface area contributed by atoms with E-state index in [0.717, 1.165) is 18.4 Å². The predicted molar refractivity (Wildman–Crippen MR) is 115 cm³/mol. The van der Waals surface area contributed by atoms with Gasteiger partial charge in [0, 0.05) is 23.4 Å². The number of esters is 1. The van der Waals surface area contributed by atoms with Crippen LogP contribution in [-0.2, 0) is 23.9 Å². The van der Waals surface area contributed by atoms with Crippen LogP contribution in [0.15, 0.2) is 23.8 Å². The molecule has 176 valence electrons. The Morgan fingerprint density at radius 3 is 2.69 bits per heavy atom. The molecule has 3 fully saturated rings. The Morgan fingerprint density at radius 2 is 1.97 bits per heavy atom. The van der Waals surface area contributed by atoms with Gasteiger partial charge in [-0.15, -0.1) is 0 Å². The van der Waals surface area contributed by atoms with Gasteiger partial charge in [-0.2, -0.15) is 0 Å². The number of hydrogen-bond donors (Lipinski definition) is 2. The molecule has 0 aromatic rings. The number of ketones is 2. The Morgan fingerprint density at radius 1 is 1.22 bits per heavy atom. The first-order valence-electron chi connectivity index (χ1n) is 11.7. The minimum absolute atomic E-state index is 0.00853. The van der Waals surface area contributed by atoms with Crippen LogP contribution >= 0.6 is 0 Å². The van der Waals surface area contributed by atoms with Crippen molar-refractivity contribution in [2.24, 2.45) is 28.6 Å². The lowest BCUT2D eigenvalue weighted by Gasteiger charge is -2.59. The van der Waals surface area contributed by atoms with E-state index >= 15 is 0 Å². The van der Waals surface area contributed by atoms with E-state index < -0.39 is 40.9 Å². The molecule has 7 nitrogen and oxygen atoms in total. The van der Waals surface area contributed by atoms with Crippen LogP contribution in [0.2, 0.25) is 0 Å². The third kappa shape index (κ3) is 3.40. The Hall–Kier alpha value is -1.83. The fraction of sp³-hybridized carbons (Fsp3) is 0.720. The molecule has 2 N–H and O–H groups in total. The average molecular weight is 447 g/mol. The van der Waals surface area contributed by atoms with E-state index in [1.165, 1.54) is 0 Å². The molecule has 0 amide bonds. The number of hydrogen-bond acceptors (Lipinski definition) is 7. The van der Waals surface area contributed by atoms with Crippen LogP contribution in [-0.4, -0.2) is 59.3 Å². The number of aliphatic hydroxyl groups excluding tert-OH is 1. The second-order valence-corrected chi connectivity index (χ2v) is 10.3. The van der Waals surface area contributed by atoms with Gasteiger partial charge in [0.15, 0.2) is 12.4 Å². The molecule has 0 heterocycles. The van der Waals surface area contributed by atoms with E-state index in [9.17, 15) is 24.6 Å². The first-order chi connectivity index (χ1) is 15.1. The van der Waals surface area contributed by atoms with Crippen LogP contribution in [0.1, 0.15) is 52.9 Å². The molecule has 0 radical (unpaired) electrons. The summed E-state index contributed by atoms with van der Waals surface area (Å²) in [7, 11) is 0. The van der Waals surface area contributed by atoms with Crippen molar-refractivity contribution in [3.05, 3.63) is 23.8 Å². The fourth-order valence-corrected chi connectivity index (χ4v) is 7.28. The molecule has 4 aliphatic carbocycles. The van der Waals surface area contributed by atoms with E-state index in [1.807, 2.05) is 13.0 Å². The number of ether oxygens (including phenoxy) is 2. The predicted octanol–water partition coefficient (Wildman–Crippen LogP) is 2.14. The lowest BCUT2D eigenvalue weighted by atomic mass is 9.46. The van der Waals surface area contributed by atoms with Crippen LogP contribution in [0.25, 0.3) is 0 Å². The van der Waals surface area contributed by atoms with Gasteiger partial charge in [-0.1, -0.05) is 25.5 Å². The molecule has 0 aliphatic heterocycles. The summed E-state index contributed by atoms with van der Waals surface area (Å²) >= 11 is 0. The fourth-order valence-electron chi connectivity index (χ4n) is 7.28. The van der Waals surface area contributed by atoms with Crippen molar-refractivity contribution in [3.8, 4) is 0 Å². The SMILES string of the molecule is CCOCC(=O)OCC(=O)[C@@]1(O)CC[C@H]2[C@@H]3CCC4=CC(=O)C=C[C@]4(C)[C@H]3C(O)C[C@@]21C. The molecular formula is C25H34O7. The van der Waals surface area contributed by atoms with Crippen LogP contribution < -0.4 is 0 Å². The standard InChI is InChI=1S/C25H34O7/c1-4-31-14-21(29)32-13-20(28)25(30)10-8-18-17-6-5-15-11-16(26)7-9-23(15,2)22(17)19(27)12-24(18,25)3/h7,9,11,17-19,22,27,30H,4-6,8,10,12-14H2,1-3H3/t17-,18-,19?,22+,23-,24-,25-/m0/s1. The van der Waals surface area contributed by atoms with Gasteiger partial charge in [0.25, 0.3) is 0 Å². The monoisotopic (exact) mass is 446 g/mol. The van der Waals surface area contributed by atoms with Gasteiger partial charge < -0.3 is 19.7 Å². The summed E-state index contributed by atoms with van der Waals surface area (Å²) in [5.74, 6) is -1.02. The van der Waals surface area contributed by atoms with Gasteiger partial charge in [0.1, 0.15) is 12.2 Å². The van der Waals surface area contributed by atoms with Gasteiger partial charge in [-0.05, 0) is 63.0 Å². The third-order valence-electron chi connectivity index (χ3n) is 8.90. The van der Waals surface area contributed by atoms with E-state index in [-0.39, 0.29) is 30.1 Å². The summed E-state index contributed by atoms with van der Waals surface area (Å²) in [6.45, 7) is 5.39. The number of rotatable bonds is 6. The first-order valence-corrected chi connectivity index (χ1v) is 11.7. The van der Waals surface area contributed by atoms with Crippen LogP contribution in [0.4, 0.5) is 0 Å². The smallest absolute Gasteiger partial charge is 0.332 e. The molecule has 0 aromatic heterocycles. The molecule has 4 aliphatic rings. The van der Waals surface area contributed by atoms with Gasteiger partial charge in [0.2, 0.25) is 5.78 Å². The summed E-state index contributed by atoms with van der Waals surface area (Å²) in [6, 6.07) is 0. The molecule has 7 atom stereocenters. The lowest BCUT2D eigenvalue weighted by Crippen LogP contribution is -2.61. The Kier molecular flexibility index (Phi) is 5.97. The van der Waals surface area contributed by atoms with Crippen molar-refractivity contribution >= 4 is 17.5 Å². The van der Waals surface area contributed by atoms with Crippen molar-refractivity contribution in [1.29, 1.82) is 0 Å². The molecule has 0 aromatic carbocycles. The molecular weight excluding hydrogens is 412 g/mol. The van der Waals surface area contributed by atoms with Crippen LogP contribution in [0.5, 0.6) is 0 Å². The second kappa shape index (κ2) is 8.19. The minimum atomic E-state index is -1.65. The summed E-state index contributed by atoms with van der Waals surface area (Å²) < 4.78 is 10.1. The highest BCUT2D eigenvalue weighted by Gasteiger charge is 2.68. The largest absolute Gasteiger partial charge is 0.456 e. The summed E-state index contributed by atoms with van der Waals surface area (Å²) in [6.07, 6.45) is 7.38. The third-order valence-corrected chi connectivity index (χ3v) is 8.90. The number of allylic oxidation sites excluding steroid dienone is 4. The topological polar surface area (TPSA) is 110 Å². The van der Waals surface area contributed by atoms with E-state index in [0.29, 0.717) is 25.9 Å². The van der Waals surface area contributed by atoms with Crippen molar-refractivity contribution in [1.82, 2.24) is 0 Å². The summed E-state index contributed by atoms with van der Waals surface area (Å²) in [4.78, 5) is 36.8. The quantitative estimate of drug-likeness (QED) is 0.602. The zero-order valence-electron chi connectivity index (χ0n) is 19.1. The summed E-state index contributed by atoms with van der Waals surface area (Å²) in [5.41, 5.74) is -1.77. The number of carbonyl (C=O) groups excluding carboxylic acids is 3. The Bertz CT molecular complexity index is 876. The summed E-state index contributed by atoms with van der Waals surface area (Å²) in [5, 5.41) is 22.9. The average Bonchev–Trinajstić information content (AvgIpc) is 3.02. The maximum absolute atomic E-state index is 13.1. The van der Waals surface area contributed by atoms with Gasteiger partial charge in [0.05, 0.1) is 6.10 Å². The first kappa shape index (κ1) is 23.3. The highest BCUT2D eigenvalue weighted by Crippen LogP contribution is 2.67. The number of fused-ring (bicyclic) bond motifs is 5. The molecule has 7 heteroatoms. The Balaban J connectivity index is 1.56. The van der Waals surface area contributed by atoms with Crippen molar-refractivity contribution in [2.45, 2.75) is 64.6 Å². The normalized spacial score (nSPS) is 42.5. The molecule has 4 rings (SSSR count). The van der Waals surface area contributed by atoms with Gasteiger partial charge >= 0.3 is 5.97 Å². The molecule has 0 saturated heterocycles.